The van der Waals surface area contributed by atoms with E-state index in [1.807, 2.05) is 0 Å². The highest BCUT2D eigenvalue weighted by atomic mass is 16.6. The third-order valence-corrected chi connectivity index (χ3v) is 0.766. The molecule has 1 rings (SSSR count). The molecule has 0 saturated carbocycles. The molecule has 1 N–H and O–H groups in total. The van der Waals surface area contributed by atoms with Crippen molar-refractivity contribution in [3.63, 3.8) is 0 Å². The summed E-state index contributed by atoms with van der Waals surface area (Å²) in [6.07, 6.45) is -0.419. The molecule has 0 spiro atoms. The first-order valence-corrected chi connectivity index (χ1v) is 2.26. The Labute approximate surface area is 46.5 Å². The van der Waals surface area contributed by atoms with Gasteiger partial charge < -0.3 is 10.1 Å². The second-order valence-electron chi connectivity index (χ2n) is 1.40. The summed E-state index contributed by atoms with van der Waals surface area (Å²) >= 11 is 0. The summed E-state index contributed by atoms with van der Waals surface area (Å²) < 4.78 is 4.49. The van der Waals surface area contributed by atoms with Crippen LogP contribution in [0.1, 0.15) is 6.92 Å². The van der Waals surface area contributed by atoms with Crippen LogP contribution in [0.3, 0.4) is 0 Å². The third-order valence-electron chi connectivity index (χ3n) is 0.766. The number of alkyl carbamates (subject to hydrolysis) is 1. The van der Waals surface area contributed by atoms with Crippen molar-refractivity contribution in [3.8, 4) is 0 Å². The van der Waals surface area contributed by atoms with Gasteiger partial charge in [-0.25, -0.2) is 9.79 Å². The van der Waals surface area contributed by atoms with Gasteiger partial charge in [-0.1, -0.05) is 0 Å². The number of carbonyl (C=O) groups excluding carboxylic acids is 1. The minimum absolute atomic E-state index is 0.338. The zero-order chi connectivity index (χ0) is 5.98. The number of hydrogen-bond donors (Lipinski definition) is 1. The average molecular weight is 114 g/mol. The molecule has 0 bridgehead atoms. The lowest BCUT2D eigenvalue weighted by Gasteiger charge is -2.08. The van der Waals surface area contributed by atoms with Gasteiger partial charge in [0.15, 0.2) is 5.90 Å². The van der Waals surface area contributed by atoms with Gasteiger partial charge in [-0.05, 0) is 0 Å². The van der Waals surface area contributed by atoms with Crippen molar-refractivity contribution in [2.24, 2.45) is 4.99 Å². The van der Waals surface area contributed by atoms with Crippen molar-refractivity contribution in [3.05, 3.63) is 0 Å². The number of cyclic esters (lactones) is 1. The largest absolute Gasteiger partial charge is 0.415 e. The fourth-order valence-corrected chi connectivity index (χ4v) is 0.418. The Morgan fingerprint density at radius 2 is 2.62 bits per heavy atom. The van der Waals surface area contributed by atoms with Crippen molar-refractivity contribution in [1.82, 2.24) is 5.32 Å². The first-order valence-electron chi connectivity index (χ1n) is 2.26. The van der Waals surface area contributed by atoms with Crippen LogP contribution in [-0.2, 0) is 4.74 Å². The molecule has 0 saturated heterocycles. The van der Waals surface area contributed by atoms with Crippen molar-refractivity contribution in [2.75, 3.05) is 6.67 Å². The molecular weight excluding hydrogens is 108 g/mol. The lowest BCUT2D eigenvalue weighted by Crippen LogP contribution is -2.31. The number of aliphatic imine (C=N–C) groups is 1. The Morgan fingerprint density at radius 3 is 3.00 bits per heavy atom. The molecule has 0 unspecified atom stereocenters. The average Bonchev–Trinajstić information content (AvgIpc) is 1.64. The summed E-state index contributed by atoms with van der Waals surface area (Å²) in [4.78, 5) is 14.0. The highest BCUT2D eigenvalue weighted by molar-refractivity contribution is 5.88. The fourth-order valence-electron chi connectivity index (χ4n) is 0.418. The number of rotatable bonds is 0. The number of amides is 1. The Kier molecular flexibility index (Phi) is 1.15. The molecule has 4 nitrogen and oxygen atoms in total. The molecule has 1 amide bonds. The standard InChI is InChI=1S/C4H6N2O2/c1-3-5-2-6-4(7)8-3/h2H2,1H3,(H,6,7). The quantitative estimate of drug-likeness (QED) is 0.485. The lowest BCUT2D eigenvalue weighted by molar-refractivity contribution is 0.193. The predicted molar refractivity (Wildman–Crippen MR) is 27.6 cm³/mol. The molecule has 0 aromatic rings. The van der Waals surface area contributed by atoms with Crippen LogP contribution in [0, 0.1) is 0 Å². The van der Waals surface area contributed by atoms with Gasteiger partial charge in [0.05, 0.1) is 0 Å². The van der Waals surface area contributed by atoms with Crippen LogP contribution in [0.5, 0.6) is 0 Å². The minimum atomic E-state index is -0.419. The van der Waals surface area contributed by atoms with Crippen LogP contribution in [0.25, 0.3) is 0 Å². The van der Waals surface area contributed by atoms with E-state index in [0.717, 1.165) is 0 Å². The summed E-state index contributed by atoms with van der Waals surface area (Å²) in [7, 11) is 0. The van der Waals surface area contributed by atoms with Gasteiger partial charge in [0.25, 0.3) is 0 Å². The Morgan fingerprint density at radius 1 is 1.88 bits per heavy atom. The third kappa shape index (κ3) is 0.959. The summed E-state index contributed by atoms with van der Waals surface area (Å²) in [5, 5.41) is 2.36. The molecular formula is C4H6N2O2. The maximum atomic E-state index is 10.3. The first-order chi connectivity index (χ1) is 3.79. The van der Waals surface area contributed by atoms with E-state index >= 15 is 0 Å². The van der Waals surface area contributed by atoms with Gasteiger partial charge in [0, 0.05) is 6.92 Å². The number of nitrogens with one attached hydrogen (secondary N) is 1. The maximum Gasteiger partial charge on any atom is 0.415 e. The smallest absolute Gasteiger partial charge is 0.396 e. The van der Waals surface area contributed by atoms with Crippen LogP contribution >= 0.6 is 0 Å². The van der Waals surface area contributed by atoms with Crippen LogP contribution in [0.4, 0.5) is 4.79 Å². The summed E-state index contributed by atoms with van der Waals surface area (Å²) in [6, 6.07) is 0. The monoisotopic (exact) mass is 114 g/mol. The van der Waals surface area contributed by atoms with Crippen molar-refractivity contribution in [2.45, 2.75) is 6.92 Å². The Hall–Kier alpha value is -1.06. The van der Waals surface area contributed by atoms with E-state index in [4.69, 9.17) is 0 Å². The molecule has 0 fully saturated rings. The minimum Gasteiger partial charge on any atom is -0.396 e. The van der Waals surface area contributed by atoms with Crippen molar-refractivity contribution in [1.29, 1.82) is 0 Å². The zero-order valence-corrected chi connectivity index (χ0v) is 4.47. The number of carbonyl (C=O) groups is 1. The molecule has 0 aliphatic carbocycles. The lowest BCUT2D eigenvalue weighted by atomic mass is 10.7. The second-order valence-corrected chi connectivity index (χ2v) is 1.40. The Balaban J connectivity index is 2.57. The first kappa shape index (κ1) is 5.08. The molecule has 8 heavy (non-hydrogen) atoms. The molecule has 0 radical (unpaired) electrons. The molecule has 4 heteroatoms. The van der Waals surface area contributed by atoms with Crippen molar-refractivity contribution < 1.29 is 9.53 Å². The van der Waals surface area contributed by atoms with E-state index in [1.54, 1.807) is 6.92 Å². The molecule has 1 heterocycles. The van der Waals surface area contributed by atoms with Gasteiger partial charge in [0.2, 0.25) is 0 Å². The fraction of sp³-hybridized carbons (Fsp3) is 0.500. The van der Waals surface area contributed by atoms with Gasteiger partial charge in [-0.2, -0.15) is 0 Å². The summed E-state index contributed by atoms with van der Waals surface area (Å²) in [5.74, 6) is 0.425. The normalized spacial score (nSPS) is 18.6. The van der Waals surface area contributed by atoms with Crippen LogP contribution in [-0.4, -0.2) is 18.7 Å². The van der Waals surface area contributed by atoms with Crippen LogP contribution < -0.4 is 5.32 Å². The highest BCUT2D eigenvalue weighted by Crippen LogP contribution is 1.87. The molecule has 44 valence electrons. The summed E-state index contributed by atoms with van der Waals surface area (Å²) in [5.41, 5.74) is 0. The highest BCUT2D eigenvalue weighted by Gasteiger charge is 2.06. The van der Waals surface area contributed by atoms with E-state index in [1.165, 1.54) is 0 Å². The zero-order valence-electron chi connectivity index (χ0n) is 4.47. The molecule has 0 aromatic heterocycles. The van der Waals surface area contributed by atoms with Gasteiger partial charge >= 0.3 is 6.09 Å². The van der Waals surface area contributed by atoms with Gasteiger partial charge in [-0.3, -0.25) is 0 Å². The van der Waals surface area contributed by atoms with Gasteiger partial charge in [-0.15, -0.1) is 0 Å². The van der Waals surface area contributed by atoms with E-state index in [2.05, 4.69) is 15.0 Å². The van der Waals surface area contributed by atoms with E-state index < -0.39 is 6.09 Å². The van der Waals surface area contributed by atoms with E-state index in [0.29, 0.717) is 12.6 Å². The van der Waals surface area contributed by atoms with Crippen LogP contribution in [0.2, 0.25) is 0 Å². The molecule has 1 aliphatic rings. The molecule has 0 atom stereocenters. The van der Waals surface area contributed by atoms with E-state index in [-0.39, 0.29) is 0 Å². The molecule has 0 aromatic carbocycles. The summed E-state index contributed by atoms with van der Waals surface area (Å²) in [6.45, 7) is 1.98. The molecule has 1 aliphatic heterocycles. The predicted octanol–water partition coefficient (Wildman–Crippen LogP) is 0.102. The Bertz CT molecular complexity index is 141. The SMILES string of the molecule is CC1=NCNC(=O)O1. The topological polar surface area (TPSA) is 50.7 Å². The van der Waals surface area contributed by atoms with Gasteiger partial charge in [0.1, 0.15) is 6.67 Å². The van der Waals surface area contributed by atoms with Crippen LogP contribution in [0.15, 0.2) is 4.99 Å². The number of ether oxygens (including phenoxy) is 1. The van der Waals surface area contributed by atoms with Crippen molar-refractivity contribution >= 4 is 12.0 Å². The number of hydrogen-bond acceptors (Lipinski definition) is 3. The number of nitrogens with zero attached hydrogens (tertiary/aromatic N) is 1. The maximum absolute atomic E-state index is 10.3. The van der Waals surface area contributed by atoms with E-state index in [9.17, 15) is 4.79 Å². The second kappa shape index (κ2) is 1.81.